The van der Waals surface area contributed by atoms with Gasteiger partial charge in [-0.05, 0) is 17.7 Å². The van der Waals surface area contributed by atoms with E-state index in [1.165, 1.54) is 26.3 Å². The number of carboxylic acid groups (broad SMARTS) is 1. The van der Waals surface area contributed by atoms with E-state index in [0.717, 1.165) is 5.56 Å². The monoisotopic (exact) mass is 300 g/mol. The summed E-state index contributed by atoms with van der Waals surface area (Å²) in [6, 6.07) is 11.9. The highest BCUT2D eigenvalue weighted by molar-refractivity contribution is 5.95. The first-order valence-corrected chi connectivity index (χ1v) is 6.62. The summed E-state index contributed by atoms with van der Waals surface area (Å²) in [4.78, 5) is 27.3. The molecule has 0 aliphatic heterocycles. The fourth-order valence-electron chi connectivity index (χ4n) is 2.11. The van der Waals surface area contributed by atoms with Gasteiger partial charge in [0, 0.05) is 14.2 Å². The number of carboxylic acids is 1. The van der Waals surface area contributed by atoms with Gasteiger partial charge >= 0.3 is 5.97 Å². The van der Waals surface area contributed by atoms with Crippen molar-refractivity contribution in [3.05, 3.63) is 65.0 Å². The van der Waals surface area contributed by atoms with Crippen molar-refractivity contribution in [2.75, 3.05) is 14.2 Å². The fourth-order valence-corrected chi connectivity index (χ4v) is 2.11. The summed E-state index contributed by atoms with van der Waals surface area (Å²) in [5.41, 5.74) is 1.21. The number of nitrogens with one attached hydrogen (secondary N) is 1. The number of amides is 1. The molecule has 2 rings (SSSR count). The minimum Gasteiger partial charge on any atom is -0.478 e. The van der Waals surface area contributed by atoms with Crippen molar-refractivity contribution in [1.82, 2.24) is 10.3 Å². The van der Waals surface area contributed by atoms with E-state index in [2.05, 4.69) is 10.3 Å². The molecule has 0 aliphatic carbocycles. The van der Waals surface area contributed by atoms with Crippen LogP contribution in [0.4, 0.5) is 0 Å². The van der Waals surface area contributed by atoms with Crippen LogP contribution in [0.25, 0.3) is 0 Å². The Bertz CT molecular complexity index is 686. The maximum atomic E-state index is 11.8. The summed E-state index contributed by atoms with van der Waals surface area (Å²) in [5, 5.41) is 11.6. The third-order valence-electron chi connectivity index (χ3n) is 3.16. The number of rotatable bonds is 5. The zero-order valence-electron chi connectivity index (χ0n) is 12.2. The first kappa shape index (κ1) is 15.7. The van der Waals surface area contributed by atoms with Gasteiger partial charge in [0.15, 0.2) is 0 Å². The SMILES string of the molecule is CNC(=O)c1cc(C(=O)O)cc([C@H](OC)c2ccccc2)n1. The number of aromatic carboxylic acids is 1. The van der Waals surface area contributed by atoms with Crippen LogP contribution in [0.1, 0.15) is 38.2 Å². The maximum absolute atomic E-state index is 11.8. The average Bonchev–Trinajstić information content (AvgIpc) is 2.55. The summed E-state index contributed by atoms with van der Waals surface area (Å²) in [5.74, 6) is -1.58. The van der Waals surface area contributed by atoms with E-state index in [4.69, 9.17) is 4.74 Å². The van der Waals surface area contributed by atoms with Gasteiger partial charge in [-0.3, -0.25) is 4.79 Å². The third kappa shape index (κ3) is 3.29. The van der Waals surface area contributed by atoms with Crippen LogP contribution in [0.2, 0.25) is 0 Å². The van der Waals surface area contributed by atoms with Gasteiger partial charge in [-0.2, -0.15) is 0 Å². The van der Waals surface area contributed by atoms with E-state index in [1.807, 2.05) is 30.3 Å². The molecule has 1 aromatic heterocycles. The van der Waals surface area contributed by atoms with Crippen LogP contribution in [0.5, 0.6) is 0 Å². The van der Waals surface area contributed by atoms with Gasteiger partial charge in [0.2, 0.25) is 0 Å². The number of benzene rings is 1. The molecular formula is C16H16N2O4. The predicted octanol–water partition coefficient (Wildman–Crippen LogP) is 1.88. The number of hydrogen-bond acceptors (Lipinski definition) is 4. The molecule has 0 spiro atoms. The molecule has 6 nitrogen and oxygen atoms in total. The summed E-state index contributed by atoms with van der Waals surface area (Å²) >= 11 is 0. The first-order valence-electron chi connectivity index (χ1n) is 6.62. The Morgan fingerprint density at radius 3 is 2.45 bits per heavy atom. The Labute approximate surface area is 127 Å². The highest BCUT2D eigenvalue weighted by atomic mass is 16.5. The van der Waals surface area contributed by atoms with Crippen molar-refractivity contribution in [1.29, 1.82) is 0 Å². The number of ether oxygens (including phenoxy) is 1. The summed E-state index contributed by atoms with van der Waals surface area (Å²) in [6.07, 6.45) is -0.552. The van der Waals surface area contributed by atoms with E-state index in [9.17, 15) is 14.7 Å². The maximum Gasteiger partial charge on any atom is 0.335 e. The van der Waals surface area contributed by atoms with Gasteiger partial charge in [0.25, 0.3) is 5.91 Å². The number of methoxy groups -OCH3 is 1. The minimum absolute atomic E-state index is 0.0124. The molecule has 1 atom stereocenters. The number of hydrogen-bond donors (Lipinski definition) is 2. The normalized spacial score (nSPS) is 11.7. The first-order chi connectivity index (χ1) is 10.6. The third-order valence-corrected chi connectivity index (χ3v) is 3.16. The lowest BCUT2D eigenvalue weighted by molar-refractivity contribution is 0.0696. The number of pyridine rings is 1. The molecule has 0 aliphatic rings. The van der Waals surface area contributed by atoms with Crippen molar-refractivity contribution < 1.29 is 19.4 Å². The molecule has 1 amide bonds. The van der Waals surface area contributed by atoms with Gasteiger partial charge in [-0.1, -0.05) is 30.3 Å². The Hall–Kier alpha value is -2.73. The van der Waals surface area contributed by atoms with E-state index in [-0.39, 0.29) is 11.3 Å². The Balaban J connectivity index is 2.55. The number of aromatic nitrogens is 1. The van der Waals surface area contributed by atoms with Crippen LogP contribution in [0, 0.1) is 0 Å². The van der Waals surface area contributed by atoms with E-state index in [1.54, 1.807) is 0 Å². The number of carbonyl (C=O) groups excluding carboxylic acids is 1. The topological polar surface area (TPSA) is 88.5 Å². The van der Waals surface area contributed by atoms with Crippen molar-refractivity contribution in [2.24, 2.45) is 0 Å². The molecule has 22 heavy (non-hydrogen) atoms. The summed E-state index contributed by atoms with van der Waals surface area (Å²) < 4.78 is 5.44. The molecule has 0 fully saturated rings. The van der Waals surface area contributed by atoms with Gasteiger partial charge in [-0.25, -0.2) is 9.78 Å². The second-order valence-electron chi connectivity index (χ2n) is 4.58. The number of nitrogens with zero attached hydrogens (tertiary/aromatic N) is 1. The Morgan fingerprint density at radius 1 is 1.23 bits per heavy atom. The molecule has 2 aromatic rings. The van der Waals surface area contributed by atoms with Crippen molar-refractivity contribution in [3.8, 4) is 0 Å². The minimum atomic E-state index is -1.13. The van der Waals surface area contributed by atoms with Crippen LogP contribution >= 0.6 is 0 Å². The highest BCUT2D eigenvalue weighted by Crippen LogP contribution is 2.25. The summed E-state index contributed by atoms with van der Waals surface area (Å²) in [6.45, 7) is 0. The van der Waals surface area contributed by atoms with Crippen LogP contribution in [0.15, 0.2) is 42.5 Å². The molecular weight excluding hydrogens is 284 g/mol. The van der Waals surface area contributed by atoms with Crippen LogP contribution < -0.4 is 5.32 Å². The molecule has 6 heteroatoms. The second kappa shape index (κ2) is 6.82. The standard InChI is InChI=1S/C16H16N2O4/c1-17-15(19)13-9-11(16(20)21)8-12(18-13)14(22-2)10-6-4-3-5-7-10/h3-9,14H,1-2H3,(H,17,19)(H,20,21)/t14-/m1/s1. The smallest absolute Gasteiger partial charge is 0.335 e. The van der Waals surface area contributed by atoms with E-state index < -0.39 is 18.0 Å². The average molecular weight is 300 g/mol. The van der Waals surface area contributed by atoms with Crippen LogP contribution in [-0.4, -0.2) is 36.1 Å². The molecule has 0 unspecified atom stereocenters. The van der Waals surface area contributed by atoms with Gasteiger partial charge in [-0.15, -0.1) is 0 Å². The molecule has 0 saturated heterocycles. The van der Waals surface area contributed by atoms with Crippen LogP contribution in [0.3, 0.4) is 0 Å². The molecule has 114 valence electrons. The molecule has 1 heterocycles. The molecule has 0 radical (unpaired) electrons. The lowest BCUT2D eigenvalue weighted by atomic mass is 10.0. The second-order valence-corrected chi connectivity index (χ2v) is 4.58. The van der Waals surface area contributed by atoms with Crippen molar-refractivity contribution >= 4 is 11.9 Å². The van der Waals surface area contributed by atoms with Gasteiger partial charge < -0.3 is 15.2 Å². The quantitative estimate of drug-likeness (QED) is 0.880. The predicted molar refractivity (Wildman–Crippen MR) is 79.9 cm³/mol. The Morgan fingerprint density at radius 2 is 1.91 bits per heavy atom. The zero-order chi connectivity index (χ0) is 16.1. The zero-order valence-corrected chi connectivity index (χ0v) is 12.2. The lowest BCUT2D eigenvalue weighted by Gasteiger charge is -2.16. The number of carbonyl (C=O) groups is 2. The van der Waals surface area contributed by atoms with Crippen LogP contribution in [-0.2, 0) is 4.74 Å². The van der Waals surface area contributed by atoms with Crippen molar-refractivity contribution in [2.45, 2.75) is 6.10 Å². The fraction of sp³-hybridized carbons (Fsp3) is 0.188. The van der Waals surface area contributed by atoms with Gasteiger partial charge in [0.05, 0.1) is 11.3 Å². The summed E-state index contributed by atoms with van der Waals surface area (Å²) in [7, 11) is 2.97. The largest absolute Gasteiger partial charge is 0.478 e. The molecule has 2 N–H and O–H groups in total. The van der Waals surface area contributed by atoms with Gasteiger partial charge in [0.1, 0.15) is 11.8 Å². The molecule has 0 saturated carbocycles. The Kier molecular flexibility index (Phi) is 4.85. The highest BCUT2D eigenvalue weighted by Gasteiger charge is 2.20. The molecule has 0 bridgehead atoms. The molecule has 1 aromatic carbocycles. The van der Waals surface area contributed by atoms with Crippen molar-refractivity contribution in [3.63, 3.8) is 0 Å². The van der Waals surface area contributed by atoms with E-state index in [0.29, 0.717) is 5.69 Å². The van der Waals surface area contributed by atoms with E-state index >= 15 is 0 Å². The lowest BCUT2D eigenvalue weighted by Crippen LogP contribution is -2.21.